The second kappa shape index (κ2) is 7.04. The summed E-state index contributed by atoms with van der Waals surface area (Å²) >= 11 is 1.38. The van der Waals surface area contributed by atoms with Crippen molar-refractivity contribution >= 4 is 17.7 Å². The van der Waals surface area contributed by atoms with Gasteiger partial charge in [0, 0.05) is 11.1 Å². The number of thioether (sulfide) groups is 1. The van der Waals surface area contributed by atoms with Crippen LogP contribution in [0.1, 0.15) is 51.0 Å². The van der Waals surface area contributed by atoms with E-state index in [1.807, 2.05) is 38.1 Å². The van der Waals surface area contributed by atoms with Crippen LogP contribution in [0.15, 0.2) is 29.4 Å². The standard InChI is InChI=1S/C22H29N5OS/c1-13-3-5-18(6-4-13)19-25-26-21(27(19)23)29-14(2)20(28)24-22-10-15-7-16(11-22)9-17(8-15)12-22/h3-6,14-17H,7-12,23H2,1-2H3,(H,24,28)/t14-,15?,16?,17?,22?/m1/s1. The first-order valence-electron chi connectivity index (χ1n) is 10.7. The molecule has 4 fully saturated rings. The van der Waals surface area contributed by atoms with Crippen molar-refractivity contribution in [2.45, 2.75) is 68.3 Å². The van der Waals surface area contributed by atoms with Crippen LogP contribution in [0, 0.1) is 24.7 Å². The van der Waals surface area contributed by atoms with Crippen molar-refractivity contribution in [1.82, 2.24) is 20.2 Å². The number of nitrogen functional groups attached to an aromatic ring is 1. The summed E-state index contributed by atoms with van der Waals surface area (Å²) in [5, 5.41) is 12.2. The Labute approximate surface area is 176 Å². The summed E-state index contributed by atoms with van der Waals surface area (Å²) in [6.45, 7) is 3.98. The molecule has 1 amide bonds. The molecule has 0 aliphatic heterocycles. The molecule has 0 radical (unpaired) electrons. The van der Waals surface area contributed by atoms with Gasteiger partial charge >= 0.3 is 0 Å². The number of rotatable bonds is 5. The molecule has 4 saturated carbocycles. The highest BCUT2D eigenvalue weighted by Gasteiger charge is 2.51. The summed E-state index contributed by atoms with van der Waals surface area (Å²) in [7, 11) is 0. The van der Waals surface area contributed by atoms with Gasteiger partial charge < -0.3 is 11.2 Å². The third kappa shape index (κ3) is 3.54. The summed E-state index contributed by atoms with van der Waals surface area (Å²) in [6.07, 6.45) is 7.60. The summed E-state index contributed by atoms with van der Waals surface area (Å²) in [6, 6.07) is 8.03. The molecule has 3 N–H and O–H groups in total. The highest BCUT2D eigenvalue weighted by Crippen LogP contribution is 2.55. The molecular formula is C22H29N5OS. The van der Waals surface area contributed by atoms with Gasteiger partial charge in [0.25, 0.3) is 0 Å². The predicted octanol–water partition coefficient (Wildman–Crippen LogP) is 3.53. The molecule has 29 heavy (non-hydrogen) atoms. The molecule has 1 heterocycles. The first-order valence-corrected chi connectivity index (χ1v) is 11.5. The van der Waals surface area contributed by atoms with Gasteiger partial charge in [-0.15, -0.1) is 10.2 Å². The summed E-state index contributed by atoms with van der Waals surface area (Å²) in [5.74, 6) is 9.40. The van der Waals surface area contributed by atoms with E-state index in [0.29, 0.717) is 11.0 Å². The van der Waals surface area contributed by atoms with Crippen LogP contribution in [0.5, 0.6) is 0 Å². The van der Waals surface area contributed by atoms with Crippen LogP contribution in [-0.4, -0.2) is 31.6 Å². The number of nitrogens with one attached hydrogen (secondary N) is 1. The van der Waals surface area contributed by atoms with Gasteiger partial charge in [-0.05, 0) is 70.1 Å². The molecule has 1 aromatic carbocycles. The molecule has 4 aliphatic rings. The van der Waals surface area contributed by atoms with Gasteiger partial charge in [-0.25, -0.2) is 4.68 Å². The fourth-order valence-electron chi connectivity index (χ4n) is 6.10. The van der Waals surface area contributed by atoms with Gasteiger partial charge in [0.15, 0.2) is 5.82 Å². The van der Waals surface area contributed by atoms with Gasteiger partial charge in [-0.3, -0.25) is 4.79 Å². The second-order valence-electron chi connectivity index (χ2n) is 9.49. The van der Waals surface area contributed by atoms with Crippen molar-refractivity contribution in [3.05, 3.63) is 29.8 Å². The maximum atomic E-state index is 13.0. The number of aromatic nitrogens is 3. The van der Waals surface area contributed by atoms with Crippen molar-refractivity contribution in [3.63, 3.8) is 0 Å². The van der Waals surface area contributed by atoms with Crippen molar-refractivity contribution in [3.8, 4) is 11.4 Å². The van der Waals surface area contributed by atoms with E-state index in [1.54, 1.807) is 0 Å². The number of aryl methyl sites for hydroxylation is 1. The Balaban J connectivity index is 1.27. The van der Waals surface area contributed by atoms with Crippen LogP contribution in [-0.2, 0) is 4.79 Å². The number of nitrogens with two attached hydrogens (primary N) is 1. The number of hydrogen-bond donors (Lipinski definition) is 2. The van der Waals surface area contributed by atoms with E-state index in [-0.39, 0.29) is 16.7 Å². The topological polar surface area (TPSA) is 85.8 Å². The van der Waals surface area contributed by atoms with Crippen molar-refractivity contribution in [2.75, 3.05) is 5.84 Å². The number of hydrogen-bond acceptors (Lipinski definition) is 5. The third-order valence-electron chi connectivity index (χ3n) is 7.05. The van der Waals surface area contributed by atoms with Gasteiger partial charge in [-0.2, -0.15) is 0 Å². The molecule has 154 valence electrons. The molecule has 7 heteroatoms. The number of nitrogens with zero attached hydrogens (tertiary/aromatic N) is 3. The number of carbonyl (C=O) groups is 1. The summed E-state index contributed by atoms with van der Waals surface area (Å²) in [4.78, 5) is 13.0. The van der Waals surface area contributed by atoms with Crippen LogP contribution in [0.25, 0.3) is 11.4 Å². The van der Waals surface area contributed by atoms with Crippen LogP contribution >= 0.6 is 11.8 Å². The van der Waals surface area contributed by atoms with Gasteiger partial charge in [0.1, 0.15) is 0 Å². The molecular weight excluding hydrogens is 382 g/mol. The molecule has 0 saturated heterocycles. The second-order valence-corrected chi connectivity index (χ2v) is 10.8. The minimum atomic E-state index is -0.264. The van der Waals surface area contributed by atoms with Crippen LogP contribution < -0.4 is 11.2 Å². The van der Waals surface area contributed by atoms with E-state index < -0.39 is 0 Å². The third-order valence-corrected chi connectivity index (χ3v) is 8.11. The van der Waals surface area contributed by atoms with E-state index in [0.717, 1.165) is 42.6 Å². The van der Waals surface area contributed by atoms with Crippen LogP contribution in [0.4, 0.5) is 0 Å². The largest absolute Gasteiger partial charge is 0.350 e. The Hall–Kier alpha value is -2.02. The molecule has 2 aromatic rings. The van der Waals surface area contributed by atoms with E-state index in [9.17, 15) is 4.79 Å². The van der Waals surface area contributed by atoms with Gasteiger partial charge in [-0.1, -0.05) is 41.6 Å². The lowest BCUT2D eigenvalue weighted by Gasteiger charge is -2.57. The summed E-state index contributed by atoms with van der Waals surface area (Å²) < 4.78 is 1.49. The van der Waals surface area contributed by atoms with Crippen LogP contribution in [0.3, 0.4) is 0 Å². The fourth-order valence-corrected chi connectivity index (χ4v) is 6.87. The van der Waals surface area contributed by atoms with Crippen molar-refractivity contribution in [2.24, 2.45) is 17.8 Å². The Bertz CT molecular complexity index is 886. The first kappa shape index (κ1) is 19.0. The molecule has 1 atom stereocenters. The smallest absolute Gasteiger partial charge is 0.233 e. The number of carbonyl (C=O) groups excluding carboxylic acids is 1. The Morgan fingerprint density at radius 2 is 1.72 bits per heavy atom. The first-order chi connectivity index (χ1) is 13.9. The average Bonchev–Trinajstić information content (AvgIpc) is 3.01. The maximum absolute atomic E-state index is 13.0. The number of amides is 1. The zero-order chi connectivity index (χ0) is 20.2. The molecule has 4 bridgehead atoms. The maximum Gasteiger partial charge on any atom is 0.233 e. The molecule has 1 aromatic heterocycles. The molecule has 6 rings (SSSR count). The fraction of sp³-hybridized carbons (Fsp3) is 0.591. The van der Waals surface area contributed by atoms with E-state index in [2.05, 4.69) is 15.5 Å². The Morgan fingerprint density at radius 1 is 1.14 bits per heavy atom. The quantitative estimate of drug-likeness (QED) is 0.581. The zero-order valence-corrected chi connectivity index (χ0v) is 17.9. The lowest BCUT2D eigenvalue weighted by Crippen LogP contribution is -2.60. The van der Waals surface area contributed by atoms with Crippen LogP contribution in [0.2, 0.25) is 0 Å². The highest BCUT2D eigenvalue weighted by atomic mass is 32.2. The van der Waals surface area contributed by atoms with Gasteiger partial charge in [0.05, 0.1) is 5.25 Å². The van der Waals surface area contributed by atoms with E-state index >= 15 is 0 Å². The van der Waals surface area contributed by atoms with Crippen molar-refractivity contribution < 1.29 is 4.79 Å². The minimum absolute atomic E-state index is 0.0318. The lowest BCUT2D eigenvalue weighted by atomic mass is 9.53. The predicted molar refractivity (Wildman–Crippen MR) is 115 cm³/mol. The molecule has 6 nitrogen and oxygen atoms in total. The lowest BCUT2D eigenvalue weighted by molar-refractivity contribution is -0.126. The Morgan fingerprint density at radius 3 is 2.31 bits per heavy atom. The molecule has 0 spiro atoms. The Kier molecular flexibility index (Phi) is 4.61. The zero-order valence-electron chi connectivity index (χ0n) is 17.1. The normalized spacial score (nSPS) is 31.0. The monoisotopic (exact) mass is 411 g/mol. The minimum Gasteiger partial charge on any atom is -0.350 e. The van der Waals surface area contributed by atoms with E-state index in [4.69, 9.17) is 5.84 Å². The van der Waals surface area contributed by atoms with Crippen molar-refractivity contribution in [1.29, 1.82) is 0 Å². The SMILES string of the molecule is Cc1ccc(-c2nnc(S[C@H](C)C(=O)NC34CC5CC(CC(C5)C3)C4)n2N)cc1. The highest BCUT2D eigenvalue weighted by molar-refractivity contribution is 8.00. The molecule has 0 unspecified atom stereocenters. The average molecular weight is 412 g/mol. The molecule has 4 aliphatic carbocycles. The van der Waals surface area contributed by atoms with Gasteiger partial charge in [0.2, 0.25) is 11.1 Å². The van der Waals surface area contributed by atoms with E-state index in [1.165, 1.54) is 41.3 Å². The summed E-state index contributed by atoms with van der Waals surface area (Å²) in [5.41, 5.74) is 2.13. The number of benzene rings is 1.